The highest BCUT2D eigenvalue weighted by Gasteiger charge is 2.08. The minimum Gasteiger partial charge on any atom is -0.491 e. The van der Waals surface area contributed by atoms with Crippen LogP contribution in [0, 0.1) is 6.92 Å². The van der Waals surface area contributed by atoms with Gasteiger partial charge in [0.15, 0.2) is 0 Å². The van der Waals surface area contributed by atoms with Crippen LogP contribution in [0.25, 0.3) is 0 Å². The van der Waals surface area contributed by atoms with Crippen LogP contribution in [0.15, 0.2) is 24.8 Å². The summed E-state index contributed by atoms with van der Waals surface area (Å²) in [5.74, 6) is 0.826. The third-order valence-electron chi connectivity index (χ3n) is 2.41. The van der Waals surface area contributed by atoms with Crippen LogP contribution < -0.4 is 4.74 Å². The molecule has 0 unspecified atom stereocenters. The maximum Gasteiger partial charge on any atom is 0.150 e. The Morgan fingerprint density at radius 1 is 1.35 bits per heavy atom. The molecule has 0 aromatic heterocycles. The maximum absolute atomic E-state index is 10.8. The number of hydrogen-bond donors (Lipinski definition) is 0. The van der Waals surface area contributed by atoms with E-state index in [1.807, 2.05) is 19.1 Å². The second kappa shape index (κ2) is 6.86. The Hall–Kier alpha value is -1.61. The number of ether oxygens (including phenoxy) is 2. The van der Waals surface area contributed by atoms with Gasteiger partial charge in [0.25, 0.3) is 0 Å². The summed E-state index contributed by atoms with van der Waals surface area (Å²) >= 11 is 0. The van der Waals surface area contributed by atoms with Gasteiger partial charge >= 0.3 is 0 Å². The van der Waals surface area contributed by atoms with E-state index < -0.39 is 0 Å². The number of allylic oxidation sites excluding steroid dienone is 1. The lowest BCUT2D eigenvalue weighted by Gasteiger charge is -2.14. The third kappa shape index (κ3) is 3.71. The zero-order valence-corrected chi connectivity index (χ0v) is 10.4. The Kier molecular flexibility index (Phi) is 5.43. The molecule has 0 heterocycles. The summed E-state index contributed by atoms with van der Waals surface area (Å²) in [5, 5.41) is 0. The predicted octanol–water partition coefficient (Wildman–Crippen LogP) is 2.56. The molecule has 0 bridgehead atoms. The van der Waals surface area contributed by atoms with Gasteiger partial charge < -0.3 is 9.47 Å². The van der Waals surface area contributed by atoms with E-state index in [2.05, 4.69) is 6.58 Å². The fraction of sp³-hybridized carbons (Fsp3) is 0.357. The van der Waals surface area contributed by atoms with Crippen LogP contribution in [-0.2, 0) is 11.2 Å². The standard InChI is InChI=1S/C14H18O3/c1-4-5-13-9-12(10-15)8-11(2)14(13)17-7-6-16-3/h4,8-10H,1,5-7H2,2-3H3. The minimum atomic E-state index is 0.502. The first kappa shape index (κ1) is 13.5. The highest BCUT2D eigenvalue weighted by molar-refractivity contribution is 5.76. The van der Waals surface area contributed by atoms with E-state index >= 15 is 0 Å². The van der Waals surface area contributed by atoms with Gasteiger partial charge in [-0.1, -0.05) is 6.08 Å². The highest BCUT2D eigenvalue weighted by atomic mass is 16.5. The Balaban J connectivity index is 2.98. The van der Waals surface area contributed by atoms with Gasteiger partial charge in [0.05, 0.1) is 6.61 Å². The number of hydrogen-bond acceptors (Lipinski definition) is 3. The van der Waals surface area contributed by atoms with Gasteiger partial charge in [0.1, 0.15) is 18.6 Å². The molecule has 1 rings (SSSR count). The summed E-state index contributed by atoms with van der Waals surface area (Å²) in [6.45, 7) is 6.69. The molecular formula is C14H18O3. The molecule has 0 radical (unpaired) electrons. The van der Waals surface area contributed by atoms with Gasteiger partial charge in [0.2, 0.25) is 0 Å². The van der Waals surface area contributed by atoms with Gasteiger partial charge in [-0.15, -0.1) is 6.58 Å². The van der Waals surface area contributed by atoms with Crippen LogP contribution in [-0.4, -0.2) is 26.6 Å². The van der Waals surface area contributed by atoms with E-state index in [-0.39, 0.29) is 0 Å². The maximum atomic E-state index is 10.8. The molecule has 0 aliphatic heterocycles. The third-order valence-corrected chi connectivity index (χ3v) is 2.41. The quantitative estimate of drug-likeness (QED) is 0.413. The van der Waals surface area contributed by atoms with Gasteiger partial charge in [0, 0.05) is 12.7 Å². The van der Waals surface area contributed by atoms with Crippen molar-refractivity contribution < 1.29 is 14.3 Å². The van der Waals surface area contributed by atoms with Crippen molar-refractivity contribution in [3.8, 4) is 5.75 Å². The van der Waals surface area contributed by atoms with Gasteiger partial charge in [-0.3, -0.25) is 4.79 Å². The van der Waals surface area contributed by atoms with Crippen LogP contribution >= 0.6 is 0 Å². The molecule has 1 aromatic carbocycles. The van der Waals surface area contributed by atoms with E-state index in [0.717, 1.165) is 23.2 Å². The van der Waals surface area contributed by atoms with Crippen LogP contribution in [0.3, 0.4) is 0 Å². The molecule has 0 spiro atoms. The summed E-state index contributed by atoms with van der Waals surface area (Å²) < 4.78 is 10.6. The van der Waals surface area contributed by atoms with E-state index in [9.17, 15) is 4.79 Å². The zero-order valence-electron chi connectivity index (χ0n) is 10.4. The number of carbonyl (C=O) groups is 1. The Morgan fingerprint density at radius 2 is 2.12 bits per heavy atom. The number of aldehydes is 1. The summed E-state index contributed by atoms with van der Waals surface area (Å²) in [6.07, 6.45) is 3.33. The number of rotatable bonds is 7. The predicted molar refractivity (Wildman–Crippen MR) is 67.8 cm³/mol. The van der Waals surface area contributed by atoms with Crippen molar-refractivity contribution in [1.82, 2.24) is 0 Å². The molecule has 3 heteroatoms. The van der Waals surface area contributed by atoms with E-state index in [4.69, 9.17) is 9.47 Å². The Bertz CT molecular complexity index is 397. The lowest BCUT2D eigenvalue weighted by molar-refractivity contribution is 0.112. The average Bonchev–Trinajstić information content (AvgIpc) is 2.32. The number of aryl methyl sites for hydroxylation is 1. The summed E-state index contributed by atoms with van der Waals surface area (Å²) in [6, 6.07) is 3.66. The average molecular weight is 234 g/mol. The summed E-state index contributed by atoms with van der Waals surface area (Å²) in [5.41, 5.74) is 2.61. The van der Waals surface area contributed by atoms with Crippen LogP contribution in [0.4, 0.5) is 0 Å². The molecular weight excluding hydrogens is 216 g/mol. The first-order valence-corrected chi connectivity index (χ1v) is 5.54. The lowest BCUT2D eigenvalue weighted by Crippen LogP contribution is -2.07. The molecule has 0 saturated carbocycles. The van der Waals surface area contributed by atoms with Crippen LogP contribution in [0.2, 0.25) is 0 Å². The van der Waals surface area contributed by atoms with Crippen LogP contribution in [0.5, 0.6) is 5.75 Å². The van der Waals surface area contributed by atoms with E-state index in [1.54, 1.807) is 13.2 Å². The number of methoxy groups -OCH3 is 1. The van der Waals surface area contributed by atoms with Gasteiger partial charge in [-0.2, -0.15) is 0 Å². The fourth-order valence-corrected chi connectivity index (χ4v) is 1.69. The first-order chi connectivity index (χ1) is 8.22. The van der Waals surface area contributed by atoms with Crippen molar-refractivity contribution in [2.24, 2.45) is 0 Å². The van der Waals surface area contributed by atoms with Gasteiger partial charge in [-0.25, -0.2) is 0 Å². The van der Waals surface area contributed by atoms with E-state index in [1.165, 1.54) is 0 Å². The molecule has 0 N–H and O–H groups in total. The number of carbonyl (C=O) groups excluding carboxylic acids is 1. The molecule has 0 saturated heterocycles. The van der Waals surface area contributed by atoms with Crippen LogP contribution in [0.1, 0.15) is 21.5 Å². The van der Waals surface area contributed by atoms with Crippen molar-refractivity contribution in [3.05, 3.63) is 41.5 Å². The molecule has 0 aliphatic rings. The molecule has 17 heavy (non-hydrogen) atoms. The summed E-state index contributed by atoms with van der Waals surface area (Å²) in [7, 11) is 1.64. The normalized spacial score (nSPS) is 10.0. The smallest absolute Gasteiger partial charge is 0.150 e. The second-order valence-electron chi connectivity index (χ2n) is 3.78. The number of benzene rings is 1. The fourth-order valence-electron chi connectivity index (χ4n) is 1.69. The molecule has 1 aromatic rings. The molecule has 0 aliphatic carbocycles. The highest BCUT2D eigenvalue weighted by Crippen LogP contribution is 2.25. The summed E-state index contributed by atoms with van der Waals surface area (Å²) in [4.78, 5) is 10.8. The zero-order chi connectivity index (χ0) is 12.7. The largest absolute Gasteiger partial charge is 0.491 e. The molecule has 0 amide bonds. The van der Waals surface area contributed by atoms with Crippen molar-refractivity contribution >= 4 is 6.29 Å². The molecule has 0 fully saturated rings. The Morgan fingerprint density at radius 3 is 2.71 bits per heavy atom. The molecule has 0 atom stereocenters. The van der Waals surface area contributed by atoms with Crippen molar-refractivity contribution in [2.45, 2.75) is 13.3 Å². The van der Waals surface area contributed by atoms with Crippen molar-refractivity contribution in [3.63, 3.8) is 0 Å². The Labute approximate surface area is 102 Å². The van der Waals surface area contributed by atoms with Crippen molar-refractivity contribution in [1.29, 1.82) is 0 Å². The lowest BCUT2D eigenvalue weighted by atomic mass is 10.0. The SMILES string of the molecule is C=CCc1cc(C=O)cc(C)c1OCCOC. The first-order valence-electron chi connectivity index (χ1n) is 5.54. The van der Waals surface area contributed by atoms with Crippen molar-refractivity contribution in [2.75, 3.05) is 20.3 Å². The minimum absolute atomic E-state index is 0.502. The molecule has 92 valence electrons. The van der Waals surface area contributed by atoms with E-state index in [0.29, 0.717) is 25.2 Å². The second-order valence-corrected chi connectivity index (χ2v) is 3.78. The monoisotopic (exact) mass is 234 g/mol. The topological polar surface area (TPSA) is 35.5 Å². The molecule has 3 nitrogen and oxygen atoms in total. The van der Waals surface area contributed by atoms with Gasteiger partial charge in [-0.05, 0) is 36.6 Å².